The molecule has 6 nitrogen and oxygen atoms in total. The summed E-state index contributed by atoms with van der Waals surface area (Å²) in [5, 5.41) is 4.98. The number of nitrogens with one attached hydrogen (secondary N) is 1. The van der Waals surface area contributed by atoms with Gasteiger partial charge < -0.3 is 24.0 Å². The van der Waals surface area contributed by atoms with Crippen molar-refractivity contribution in [1.29, 1.82) is 0 Å². The molecule has 0 radical (unpaired) electrons. The number of carbonyl (C=O) groups excluding carboxylic acids is 1. The fourth-order valence-corrected chi connectivity index (χ4v) is 9.85. The predicted molar refractivity (Wildman–Crippen MR) is 165 cm³/mol. The normalized spacial score (nSPS) is 20.4. The van der Waals surface area contributed by atoms with Gasteiger partial charge >= 0.3 is 6.09 Å². The van der Waals surface area contributed by atoms with Crippen LogP contribution in [0.5, 0.6) is 0 Å². The van der Waals surface area contributed by atoms with E-state index in [-0.39, 0.29) is 18.3 Å². The molecule has 2 aromatic rings. The Balaban J connectivity index is 1.95. The van der Waals surface area contributed by atoms with Crippen LogP contribution >= 0.6 is 34.8 Å². The molecule has 1 aliphatic rings. The second-order valence-electron chi connectivity index (χ2n) is 11.3. The molecule has 0 aliphatic carbocycles. The lowest BCUT2D eigenvalue weighted by molar-refractivity contribution is -0.149. The molecule has 3 rings (SSSR count). The zero-order chi connectivity index (χ0) is 29.6. The van der Waals surface area contributed by atoms with Gasteiger partial charge in [0.2, 0.25) is 3.79 Å². The van der Waals surface area contributed by atoms with Crippen LogP contribution in [-0.4, -0.2) is 55.5 Å². The van der Waals surface area contributed by atoms with E-state index in [4.69, 9.17) is 53.4 Å². The summed E-state index contributed by atoms with van der Waals surface area (Å²) >= 11 is 17.3. The van der Waals surface area contributed by atoms with Gasteiger partial charge in [-0.25, -0.2) is 4.79 Å². The third-order valence-corrected chi connectivity index (χ3v) is 12.0. The Morgan fingerprint density at radius 3 is 2.05 bits per heavy atom. The van der Waals surface area contributed by atoms with Crippen molar-refractivity contribution in [2.24, 2.45) is 0 Å². The number of alkyl halides is 3. The van der Waals surface area contributed by atoms with Crippen LogP contribution in [-0.2, 0) is 18.6 Å². The van der Waals surface area contributed by atoms with Gasteiger partial charge in [0, 0.05) is 0 Å². The van der Waals surface area contributed by atoms with Crippen LogP contribution in [0.2, 0.25) is 5.04 Å². The summed E-state index contributed by atoms with van der Waals surface area (Å²) in [7, 11) is -2.83. The number of ether oxygens (including phenoxy) is 3. The minimum atomic E-state index is -2.83. The maximum atomic E-state index is 12.6. The van der Waals surface area contributed by atoms with E-state index in [1.54, 1.807) is 0 Å². The van der Waals surface area contributed by atoms with Crippen molar-refractivity contribution in [3.05, 3.63) is 72.8 Å². The first-order valence-corrected chi connectivity index (χ1v) is 16.5. The van der Waals surface area contributed by atoms with Crippen molar-refractivity contribution in [2.45, 2.75) is 80.8 Å². The molecule has 220 valence electrons. The van der Waals surface area contributed by atoms with Crippen LogP contribution in [0.4, 0.5) is 4.79 Å². The maximum absolute atomic E-state index is 12.6. The van der Waals surface area contributed by atoms with Gasteiger partial charge in [0.25, 0.3) is 8.32 Å². The third kappa shape index (κ3) is 8.47. The first-order valence-electron chi connectivity index (χ1n) is 13.5. The summed E-state index contributed by atoms with van der Waals surface area (Å²) in [6.07, 6.45) is 2.82. The molecular formula is C30H40Cl3NO5Si. The number of allylic oxidation sites excluding steroid dienone is 1. The van der Waals surface area contributed by atoms with Gasteiger partial charge in [-0.2, -0.15) is 0 Å². The van der Waals surface area contributed by atoms with Crippen molar-refractivity contribution in [3.8, 4) is 0 Å². The molecule has 0 unspecified atom stereocenters. The first kappa shape index (κ1) is 32.9. The van der Waals surface area contributed by atoms with Crippen molar-refractivity contribution in [3.63, 3.8) is 0 Å². The molecule has 40 heavy (non-hydrogen) atoms. The maximum Gasteiger partial charge on any atom is 0.407 e. The van der Waals surface area contributed by atoms with E-state index in [2.05, 4.69) is 74.6 Å². The lowest BCUT2D eigenvalue weighted by atomic mass is 10.1. The quantitative estimate of drug-likeness (QED) is 0.185. The molecule has 0 saturated carbocycles. The molecule has 0 spiro atoms. The van der Waals surface area contributed by atoms with Gasteiger partial charge in [-0.05, 0) is 35.7 Å². The van der Waals surface area contributed by atoms with E-state index >= 15 is 0 Å². The van der Waals surface area contributed by atoms with Gasteiger partial charge in [-0.3, -0.25) is 0 Å². The van der Waals surface area contributed by atoms with Gasteiger partial charge in [-0.15, -0.1) is 0 Å². The van der Waals surface area contributed by atoms with E-state index in [1.165, 1.54) is 10.4 Å². The van der Waals surface area contributed by atoms with E-state index in [1.807, 2.05) is 45.1 Å². The Labute approximate surface area is 254 Å². The summed E-state index contributed by atoms with van der Waals surface area (Å²) in [6.45, 7) is 12.2. The average molecular weight is 629 g/mol. The zero-order valence-corrected chi connectivity index (χ0v) is 27.2. The number of benzene rings is 2. The summed E-state index contributed by atoms with van der Waals surface area (Å²) in [4.78, 5) is 12.6. The average Bonchev–Trinajstić information content (AvgIpc) is 3.20. The van der Waals surface area contributed by atoms with E-state index in [0.29, 0.717) is 0 Å². The molecule has 3 atom stereocenters. The standard InChI is InChI=1S/C30H40Cl3NO5Si/c1-7-8-19-24(34-27(35)36-21-30(31,32)33)26-25(38-29(5,6)39-26)20-37-40(28(2,3)4,22-15-11-9-12-16-22)23-17-13-10-14-18-23/h8-19,24-26H,7,20-21H2,1-6H3,(H,34,35)/b19-8+/t24-,25+,26+/m0/s1. The number of hydrogen-bond donors (Lipinski definition) is 1. The van der Waals surface area contributed by atoms with E-state index in [9.17, 15) is 4.79 Å². The number of rotatable bonds is 10. The zero-order valence-electron chi connectivity index (χ0n) is 24.0. The molecule has 1 N–H and O–H groups in total. The van der Waals surface area contributed by atoms with Crippen LogP contribution < -0.4 is 15.7 Å². The van der Waals surface area contributed by atoms with Crippen LogP contribution in [0.25, 0.3) is 0 Å². The number of alkyl carbamates (subject to hydrolysis) is 1. The number of halogens is 3. The van der Waals surface area contributed by atoms with Crippen LogP contribution in [0, 0.1) is 0 Å². The minimum absolute atomic E-state index is 0.207. The smallest absolute Gasteiger partial charge is 0.407 e. The van der Waals surface area contributed by atoms with Gasteiger partial charge in [-0.1, -0.05) is 135 Å². The highest BCUT2D eigenvalue weighted by Crippen LogP contribution is 2.38. The first-order chi connectivity index (χ1) is 18.7. The number of hydrogen-bond acceptors (Lipinski definition) is 5. The Kier molecular flexibility index (Phi) is 11.2. The summed E-state index contributed by atoms with van der Waals surface area (Å²) in [5.41, 5.74) is 0. The van der Waals surface area contributed by atoms with E-state index < -0.39 is 42.2 Å². The van der Waals surface area contributed by atoms with Crippen LogP contribution in [0.3, 0.4) is 0 Å². The molecule has 10 heteroatoms. The van der Waals surface area contributed by atoms with Crippen LogP contribution in [0.15, 0.2) is 72.8 Å². The second kappa shape index (κ2) is 13.6. The van der Waals surface area contributed by atoms with E-state index in [0.717, 1.165) is 6.42 Å². The fourth-order valence-electron chi connectivity index (χ4n) is 5.11. The van der Waals surface area contributed by atoms with Crippen molar-refractivity contribution in [1.82, 2.24) is 5.32 Å². The fraction of sp³-hybridized carbons (Fsp3) is 0.500. The molecule has 0 bridgehead atoms. The largest absolute Gasteiger partial charge is 0.445 e. The SMILES string of the molecule is CC/C=C/[C@H](NC(=O)OCC(Cl)(Cl)Cl)[C@H]1OC(C)(C)O[C@@H]1CO[Si](c1ccccc1)(c1ccccc1)C(C)(C)C. The van der Waals surface area contributed by atoms with Crippen molar-refractivity contribution >= 4 is 59.6 Å². The summed E-state index contributed by atoms with van der Waals surface area (Å²) in [5.74, 6) is -0.897. The molecule has 2 aromatic carbocycles. The highest BCUT2D eigenvalue weighted by molar-refractivity contribution is 6.99. The third-order valence-electron chi connectivity index (χ3n) is 6.69. The Morgan fingerprint density at radius 2 is 1.57 bits per heavy atom. The Hall–Kier alpha value is -1.58. The molecule has 1 aliphatic heterocycles. The van der Waals surface area contributed by atoms with Crippen molar-refractivity contribution in [2.75, 3.05) is 13.2 Å². The molecule has 1 saturated heterocycles. The Morgan fingerprint density at radius 1 is 1.02 bits per heavy atom. The molecule has 0 aromatic heterocycles. The Bertz CT molecular complexity index is 1080. The summed E-state index contributed by atoms with van der Waals surface area (Å²) < 4.78 is 23.3. The molecule has 1 fully saturated rings. The number of amides is 1. The predicted octanol–water partition coefficient (Wildman–Crippen LogP) is 6.51. The lowest BCUT2D eigenvalue weighted by Crippen LogP contribution is -2.67. The molecular weight excluding hydrogens is 589 g/mol. The molecule has 1 heterocycles. The second-order valence-corrected chi connectivity index (χ2v) is 18.1. The van der Waals surface area contributed by atoms with Gasteiger partial charge in [0.05, 0.1) is 12.6 Å². The monoisotopic (exact) mass is 627 g/mol. The highest BCUT2D eigenvalue weighted by Gasteiger charge is 2.52. The lowest BCUT2D eigenvalue weighted by Gasteiger charge is -2.43. The highest BCUT2D eigenvalue weighted by atomic mass is 35.6. The van der Waals surface area contributed by atoms with Gasteiger partial charge in [0.15, 0.2) is 5.79 Å². The topological polar surface area (TPSA) is 66.0 Å². The van der Waals surface area contributed by atoms with Gasteiger partial charge in [0.1, 0.15) is 18.8 Å². The number of carbonyl (C=O) groups is 1. The summed E-state index contributed by atoms with van der Waals surface area (Å²) in [6, 6.07) is 20.2. The molecule has 1 amide bonds. The van der Waals surface area contributed by atoms with Crippen molar-refractivity contribution < 1.29 is 23.4 Å². The van der Waals surface area contributed by atoms with Crippen LogP contribution in [0.1, 0.15) is 48.0 Å². The minimum Gasteiger partial charge on any atom is -0.445 e.